The van der Waals surface area contributed by atoms with Gasteiger partial charge in [0.2, 0.25) is 0 Å². The minimum Gasteiger partial charge on any atom is -0.483 e. The molecule has 0 spiro atoms. The third-order valence-corrected chi connectivity index (χ3v) is 2.29. The van der Waals surface area contributed by atoms with Gasteiger partial charge in [-0.15, -0.1) is 0 Å². The Morgan fingerprint density at radius 3 is 2.53 bits per heavy atom. The van der Waals surface area contributed by atoms with Crippen LogP contribution in [0.5, 0.6) is 5.75 Å². The van der Waals surface area contributed by atoms with Crippen LogP contribution < -0.4 is 4.74 Å². The van der Waals surface area contributed by atoms with Crippen LogP contribution >= 0.6 is 0 Å². The van der Waals surface area contributed by atoms with Gasteiger partial charge < -0.3 is 4.74 Å². The summed E-state index contributed by atoms with van der Waals surface area (Å²) in [5, 5.41) is 0. The number of ketones is 1. The zero-order valence-corrected chi connectivity index (χ0v) is 10.1. The van der Waals surface area contributed by atoms with Crippen LogP contribution in [0.4, 0.5) is 4.39 Å². The molecule has 0 saturated carbocycles. The third kappa shape index (κ3) is 3.66. The van der Waals surface area contributed by atoms with Crippen LogP contribution in [0.2, 0.25) is 0 Å². The van der Waals surface area contributed by atoms with Gasteiger partial charge in [-0.3, -0.25) is 9.59 Å². The normalized spacial score (nSPS) is 11.1. The first-order valence-electron chi connectivity index (χ1n) is 5.25. The molecule has 0 aromatic heterocycles. The molecule has 92 valence electrons. The number of benzene rings is 1. The van der Waals surface area contributed by atoms with Crippen molar-refractivity contribution in [2.75, 3.05) is 6.61 Å². The van der Waals surface area contributed by atoms with Gasteiger partial charge in [0.1, 0.15) is 12.9 Å². The highest BCUT2D eigenvalue weighted by atomic mass is 19.1. The number of rotatable bonds is 4. The van der Waals surface area contributed by atoms with E-state index in [0.29, 0.717) is 6.29 Å². The lowest BCUT2D eigenvalue weighted by Gasteiger charge is -2.16. The van der Waals surface area contributed by atoms with Crippen LogP contribution in [0, 0.1) is 11.2 Å². The third-order valence-electron chi connectivity index (χ3n) is 2.29. The Bertz CT molecular complexity index is 433. The van der Waals surface area contributed by atoms with Gasteiger partial charge in [0.25, 0.3) is 0 Å². The molecular formula is C13H15FO3. The fourth-order valence-corrected chi connectivity index (χ4v) is 1.07. The van der Waals surface area contributed by atoms with E-state index >= 15 is 0 Å². The summed E-state index contributed by atoms with van der Waals surface area (Å²) >= 11 is 0. The molecule has 1 aromatic carbocycles. The van der Waals surface area contributed by atoms with Gasteiger partial charge in [0, 0.05) is 11.0 Å². The second-order valence-corrected chi connectivity index (χ2v) is 4.77. The van der Waals surface area contributed by atoms with Crippen molar-refractivity contribution in [3.8, 4) is 5.75 Å². The molecule has 1 aromatic rings. The molecule has 0 unspecified atom stereocenters. The van der Waals surface area contributed by atoms with E-state index in [1.165, 1.54) is 12.1 Å². The number of halogens is 1. The molecule has 0 N–H and O–H groups in total. The van der Waals surface area contributed by atoms with E-state index in [9.17, 15) is 14.0 Å². The van der Waals surface area contributed by atoms with E-state index in [0.717, 1.165) is 6.07 Å². The van der Waals surface area contributed by atoms with Crippen molar-refractivity contribution in [3.63, 3.8) is 0 Å². The standard InChI is InChI=1S/C13H15FO3/c1-13(2,3)12(16)8-17-11-5-4-9(7-15)6-10(11)14/h4-7H,8H2,1-3H3. The smallest absolute Gasteiger partial charge is 0.175 e. The molecule has 0 aliphatic carbocycles. The molecule has 0 amide bonds. The minimum atomic E-state index is -0.642. The first-order chi connectivity index (χ1) is 7.84. The van der Waals surface area contributed by atoms with Gasteiger partial charge in [0.15, 0.2) is 17.3 Å². The first-order valence-corrected chi connectivity index (χ1v) is 5.25. The maximum absolute atomic E-state index is 13.4. The number of ether oxygens (including phenoxy) is 1. The van der Waals surface area contributed by atoms with E-state index in [-0.39, 0.29) is 23.7 Å². The molecule has 0 aliphatic rings. The van der Waals surface area contributed by atoms with E-state index in [4.69, 9.17) is 4.74 Å². The largest absolute Gasteiger partial charge is 0.483 e. The first kappa shape index (κ1) is 13.4. The molecule has 1 rings (SSSR count). The predicted molar refractivity (Wildman–Crippen MR) is 61.7 cm³/mol. The molecule has 0 radical (unpaired) electrons. The van der Waals surface area contributed by atoms with Gasteiger partial charge in [-0.25, -0.2) is 4.39 Å². The zero-order valence-electron chi connectivity index (χ0n) is 10.1. The number of Topliss-reactive ketones (excluding diaryl/α,β-unsaturated/α-hetero) is 1. The highest BCUT2D eigenvalue weighted by Crippen LogP contribution is 2.20. The Morgan fingerprint density at radius 2 is 2.06 bits per heavy atom. The Balaban J connectivity index is 2.70. The number of hydrogen-bond donors (Lipinski definition) is 0. The molecule has 0 atom stereocenters. The summed E-state index contributed by atoms with van der Waals surface area (Å²) in [6.07, 6.45) is 0.549. The number of aldehydes is 1. The van der Waals surface area contributed by atoms with Crippen molar-refractivity contribution in [1.82, 2.24) is 0 Å². The lowest BCUT2D eigenvalue weighted by atomic mass is 9.91. The summed E-state index contributed by atoms with van der Waals surface area (Å²) < 4.78 is 18.5. The number of carbonyl (C=O) groups is 2. The second-order valence-electron chi connectivity index (χ2n) is 4.77. The zero-order chi connectivity index (χ0) is 13.1. The average molecular weight is 238 g/mol. The maximum atomic E-state index is 13.4. The van der Waals surface area contributed by atoms with E-state index < -0.39 is 11.2 Å². The highest BCUT2D eigenvalue weighted by molar-refractivity contribution is 5.85. The molecule has 0 heterocycles. The summed E-state index contributed by atoms with van der Waals surface area (Å²) in [7, 11) is 0. The summed E-state index contributed by atoms with van der Waals surface area (Å²) in [5.41, 5.74) is -0.281. The molecular weight excluding hydrogens is 223 g/mol. The van der Waals surface area contributed by atoms with Gasteiger partial charge in [-0.2, -0.15) is 0 Å². The SMILES string of the molecule is CC(C)(C)C(=O)COc1ccc(C=O)cc1F. The second kappa shape index (κ2) is 5.08. The van der Waals surface area contributed by atoms with Gasteiger partial charge in [-0.05, 0) is 18.2 Å². The lowest BCUT2D eigenvalue weighted by Crippen LogP contribution is -2.26. The number of hydrogen-bond acceptors (Lipinski definition) is 3. The summed E-state index contributed by atoms with van der Waals surface area (Å²) in [6, 6.07) is 3.85. The van der Waals surface area contributed by atoms with Crippen molar-refractivity contribution in [3.05, 3.63) is 29.6 Å². The Kier molecular flexibility index (Phi) is 3.99. The van der Waals surface area contributed by atoms with E-state index in [1.807, 2.05) is 0 Å². The van der Waals surface area contributed by atoms with Crippen molar-refractivity contribution in [1.29, 1.82) is 0 Å². The Labute approximate surface area is 99.6 Å². The summed E-state index contributed by atoms with van der Waals surface area (Å²) in [6.45, 7) is 5.13. The van der Waals surface area contributed by atoms with Crippen molar-refractivity contribution in [2.45, 2.75) is 20.8 Å². The lowest BCUT2D eigenvalue weighted by molar-refractivity contribution is -0.128. The topological polar surface area (TPSA) is 43.4 Å². The van der Waals surface area contributed by atoms with Crippen molar-refractivity contribution in [2.24, 2.45) is 5.41 Å². The average Bonchev–Trinajstić information content (AvgIpc) is 2.25. The number of carbonyl (C=O) groups excluding carboxylic acids is 2. The molecule has 4 heteroatoms. The Hall–Kier alpha value is -1.71. The van der Waals surface area contributed by atoms with E-state index in [1.54, 1.807) is 20.8 Å². The minimum absolute atomic E-state index is 0.0202. The van der Waals surface area contributed by atoms with E-state index in [2.05, 4.69) is 0 Å². The van der Waals surface area contributed by atoms with Gasteiger partial charge in [0.05, 0.1) is 0 Å². The highest BCUT2D eigenvalue weighted by Gasteiger charge is 2.21. The molecule has 0 saturated heterocycles. The van der Waals surface area contributed by atoms with Crippen LogP contribution in [-0.2, 0) is 4.79 Å². The van der Waals surface area contributed by atoms with Crippen molar-refractivity contribution < 1.29 is 18.7 Å². The molecule has 3 nitrogen and oxygen atoms in total. The fraction of sp³-hybridized carbons (Fsp3) is 0.385. The molecule has 0 bridgehead atoms. The molecule has 0 fully saturated rings. The molecule has 17 heavy (non-hydrogen) atoms. The maximum Gasteiger partial charge on any atom is 0.175 e. The predicted octanol–water partition coefficient (Wildman–Crippen LogP) is 2.63. The van der Waals surface area contributed by atoms with Gasteiger partial charge >= 0.3 is 0 Å². The Morgan fingerprint density at radius 1 is 1.41 bits per heavy atom. The van der Waals surface area contributed by atoms with Crippen LogP contribution in [0.25, 0.3) is 0 Å². The van der Waals surface area contributed by atoms with Crippen LogP contribution in [-0.4, -0.2) is 18.7 Å². The quantitative estimate of drug-likeness (QED) is 0.757. The van der Waals surface area contributed by atoms with Crippen LogP contribution in [0.15, 0.2) is 18.2 Å². The fourth-order valence-electron chi connectivity index (χ4n) is 1.07. The van der Waals surface area contributed by atoms with Crippen molar-refractivity contribution >= 4 is 12.1 Å². The summed E-state index contributed by atoms with van der Waals surface area (Å²) in [5.74, 6) is -0.777. The monoisotopic (exact) mass is 238 g/mol. The summed E-state index contributed by atoms with van der Waals surface area (Å²) in [4.78, 5) is 22.0. The van der Waals surface area contributed by atoms with Gasteiger partial charge in [-0.1, -0.05) is 20.8 Å². The molecule has 0 aliphatic heterocycles. The van der Waals surface area contributed by atoms with Crippen LogP contribution in [0.3, 0.4) is 0 Å². The van der Waals surface area contributed by atoms with Crippen LogP contribution in [0.1, 0.15) is 31.1 Å².